The van der Waals surface area contributed by atoms with Crippen molar-refractivity contribution in [2.75, 3.05) is 12.0 Å². The van der Waals surface area contributed by atoms with Gasteiger partial charge in [-0.3, -0.25) is 14.9 Å². The highest BCUT2D eigenvalue weighted by Gasteiger charge is 2.12. The van der Waals surface area contributed by atoms with Gasteiger partial charge in [0.15, 0.2) is 9.84 Å². The van der Waals surface area contributed by atoms with Crippen LogP contribution < -0.4 is 5.32 Å². The van der Waals surface area contributed by atoms with E-state index in [4.69, 9.17) is 0 Å². The molecule has 0 heterocycles. The van der Waals surface area contributed by atoms with Crippen molar-refractivity contribution in [2.24, 2.45) is 0 Å². The minimum absolute atomic E-state index is 0.0391. The van der Waals surface area contributed by atoms with Crippen LogP contribution in [-0.4, -0.2) is 31.3 Å². The minimum Gasteiger partial charge on any atom is -0.349 e. The highest BCUT2D eigenvalue weighted by Crippen LogP contribution is 2.18. The van der Waals surface area contributed by atoms with Crippen LogP contribution in [0.5, 0.6) is 0 Å². The number of thioether (sulfide) groups is 1. The van der Waals surface area contributed by atoms with Crippen LogP contribution in [0.1, 0.15) is 24.1 Å². The third kappa shape index (κ3) is 6.37. The van der Waals surface area contributed by atoms with E-state index in [1.165, 1.54) is 36.0 Å². The first kappa shape index (κ1) is 20.9. The summed E-state index contributed by atoms with van der Waals surface area (Å²) in [6, 6.07) is 12.4. The van der Waals surface area contributed by atoms with Crippen molar-refractivity contribution in [1.82, 2.24) is 5.32 Å². The van der Waals surface area contributed by atoms with E-state index >= 15 is 0 Å². The first-order chi connectivity index (χ1) is 12.7. The van der Waals surface area contributed by atoms with Crippen molar-refractivity contribution in [1.29, 1.82) is 0 Å². The number of nitrogens with zero attached hydrogens (tertiary/aromatic N) is 1. The van der Waals surface area contributed by atoms with E-state index in [0.717, 1.165) is 17.4 Å². The van der Waals surface area contributed by atoms with Crippen LogP contribution in [0.3, 0.4) is 0 Å². The fourth-order valence-electron chi connectivity index (χ4n) is 2.35. The molecule has 2 aromatic carbocycles. The minimum atomic E-state index is -3.24. The van der Waals surface area contributed by atoms with Gasteiger partial charge >= 0.3 is 0 Å². The Labute approximate surface area is 162 Å². The van der Waals surface area contributed by atoms with Crippen molar-refractivity contribution < 1.29 is 18.1 Å². The van der Waals surface area contributed by atoms with E-state index in [0.29, 0.717) is 5.75 Å². The summed E-state index contributed by atoms with van der Waals surface area (Å²) >= 11 is 1.41. The molecule has 0 fully saturated rings. The molecule has 0 aliphatic rings. The molecule has 0 radical (unpaired) electrons. The van der Waals surface area contributed by atoms with Crippen LogP contribution in [0.2, 0.25) is 0 Å². The molecule has 0 spiro atoms. The molecule has 0 saturated heterocycles. The van der Waals surface area contributed by atoms with Gasteiger partial charge < -0.3 is 5.32 Å². The third-order valence-electron chi connectivity index (χ3n) is 3.83. The summed E-state index contributed by atoms with van der Waals surface area (Å²) in [6.07, 6.45) is 1.15. The second kappa shape index (κ2) is 9.01. The molecule has 0 bridgehead atoms. The number of sulfone groups is 1. The molecule has 0 aliphatic heterocycles. The second-order valence-corrected chi connectivity index (χ2v) is 9.05. The van der Waals surface area contributed by atoms with Crippen LogP contribution in [0.15, 0.2) is 53.4 Å². The number of nitrogens with one attached hydrogen (secondary N) is 1. The third-order valence-corrected chi connectivity index (χ3v) is 5.97. The number of non-ortho nitro benzene ring substituents is 1. The highest BCUT2D eigenvalue weighted by molar-refractivity contribution is 7.99. The van der Waals surface area contributed by atoms with Crippen molar-refractivity contribution in [3.05, 3.63) is 69.8 Å². The van der Waals surface area contributed by atoms with Crippen molar-refractivity contribution in [3.8, 4) is 0 Å². The number of benzene rings is 2. The number of nitro benzene ring substituents is 1. The van der Waals surface area contributed by atoms with Gasteiger partial charge in [-0.05, 0) is 30.2 Å². The SMILES string of the molecule is C[C@H](NC(=O)CSCc1ccc([N+](=O)[O-])cc1)c1ccc(S(C)(=O)=O)cc1. The number of amides is 1. The molecule has 0 aromatic heterocycles. The maximum atomic E-state index is 12.1. The molecule has 1 amide bonds. The second-order valence-electron chi connectivity index (χ2n) is 6.05. The van der Waals surface area contributed by atoms with E-state index in [9.17, 15) is 23.3 Å². The number of rotatable bonds is 8. The molecule has 9 heteroatoms. The monoisotopic (exact) mass is 408 g/mol. The zero-order chi connectivity index (χ0) is 20.0. The lowest BCUT2D eigenvalue weighted by Gasteiger charge is -2.14. The van der Waals surface area contributed by atoms with Crippen LogP contribution in [0.4, 0.5) is 5.69 Å². The number of nitro groups is 1. The summed E-state index contributed by atoms with van der Waals surface area (Å²) in [5.41, 5.74) is 1.76. The molecule has 1 N–H and O–H groups in total. The summed E-state index contributed by atoms with van der Waals surface area (Å²) in [4.78, 5) is 22.5. The molecule has 0 aliphatic carbocycles. The van der Waals surface area contributed by atoms with E-state index in [1.807, 2.05) is 6.92 Å². The predicted molar refractivity (Wildman–Crippen MR) is 105 cm³/mol. The predicted octanol–water partition coefficient (Wildman–Crippen LogP) is 3.11. The average Bonchev–Trinajstić information content (AvgIpc) is 2.61. The van der Waals surface area contributed by atoms with Gasteiger partial charge in [0, 0.05) is 24.1 Å². The van der Waals surface area contributed by atoms with Gasteiger partial charge in [0.25, 0.3) is 5.69 Å². The Morgan fingerprint density at radius 3 is 2.26 bits per heavy atom. The molecule has 2 aromatic rings. The molecular weight excluding hydrogens is 388 g/mol. The Kier molecular flexibility index (Phi) is 6.98. The lowest BCUT2D eigenvalue weighted by atomic mass is 10.1. The summed E-state index contributed by atoms with van der Waals surface area (Å²) in [5.74, 6) is 0.688. The Hall–Kier alpha value is -2.39. The molecule has 27 heavy (non-hydrogen) atoms. The highest BCUT2D eigenvalue weighted by atomic mass is 32.2. The van der Waals surface area contributed by atoms with Gasteiger partial charge in [-0.25, -0.2) is 8.42 Å². The maximum absolute atomic E-state index is 12.1. The zero-order valence-electron chi connectivity index (χ0n) is 14.9. The summed E-state index contributed by atoms with van der Waals surface area (Å²) in [6.45, 7) is 1.83. The largest absolute Gasteiger partial charge is 0.349 e. The van der Waals surface area contributed by atoms with Gasteiger partial charge in [-0.2, -0.15) is 0 Å². The van der Waals surface area contributed by atoms with E-state index in [1.54, 1.807) is 24.3 Å². The molecule has 144 valence electrons. The molecule has 1 atom stereocenters. The maximum Gasteiger partial charge on any atom is 0.269 e. The van der Waals surface area contributed by atoms with Crippen molar-refractivity contribution in [2.45, 2.75) is 23.6 Å². The molecule has 2 rings (SSSR count). The van der Waals surface area contributed by atoms with Gasteiger partial charge in [0.05, 0.1) is 21.6 Å². The van der Waals surface area contributed by atoms with Crippen LogP contribution >= 0.6 is 11.8 Å². The lowest BCUT2D eigenvalue weighted by Crippen LogP contribution is -2.28. The number of carbonyl (C=O) groups is 1. The quantitative estimate of drug-likeness (QED) is 0.531. The lowest BCUT2D eigenvalue weighted by molar-refractivity contribution is -0.384. The Balaban J connectivity index is 1.81. The fourth-order valence-corrected chi connectivity index (χ4v) is 3.78. The Morgan fingerprint density at radius 1 is 1.15 bits per heavy atom. The number of hydrogen-bond donors (Lipinski definition) is 1. The Bertz CT molecular complexity index is 910. The molecule has 0 unspecified atom stereocenters. The van der Waals surface area contributed by atoms with Crippen LogP contribution in [-0.2, 0) is 20.4 Å². The summed E-state index contributed by atoms with van der Waals surface area (Å²) in [5, 5.41) is 13.5. The van der Waals surface area contributed by atoms with Gasteiger partial charge in [0.1, 0.15) is 0 Å². The van der Waals surface area contributed by atoms with Gasteiger partial charge in [-0.1, -0.05) is 24.3 Å². The molecular formula is C18H20N2O5S2. The first-order valence-electron chi connectivity index (χ1n) is 8.07. The smallest absolute Gasteiger partial charge is 0.269 e. The number of hydrogen-bond acceptors (Lipinski definition) is 6. The van der Waals surface area contributed by atoms with Crippen molar-refractivity contribution >= 4 is 33.2 Å². The van der Waals surface area contributed by atoms with E-state index in [-0.39, 0.29) is 28.3 Å². The van der Waals surface area contributed by atoms with Gasteiger partial charge in [-0.15, -0.1) is 11.8 Å². The molecule has 7 nitrogen and oxygen atoms in total. The van der Waals surface area contributed by atoms with E-state index < -0.39 is 14.8 Å². The fraction of sp³-hybridized carbons (Fsp3) is 0.278. The topological polar surface area (TPSA) is 106 Å². The first-order valence-corrected chi connectivity index (χ1v) is 11.1. The zero-order valence-corrected chi connectivity index (χ0v) is 16.5. The standard InChI is InChI=1S/C18H20N2O5S2/c1-13(15-5-9-17(10-6-15)27(2,24)25)19-18(21)12-26-11-14-3-7-16(8-4-14)20(22)23/h3-10,13H,11-12H2,1-2H3,(H,19,21)/t13-/m0/s1. The number of carbonyl (C=O) groups excluding carboxylic acids is 1. The van der Waals surface area contributed by atoms with Gasteiger partial charge in [0.2, 0.25) is 5.91 Å². The van der Waals surface area contributed by atoms with E-state index in [2.05, 4.69) is 5.32 Å². The van der Waals surface area contributed by atoms with Crippen molar-refractivity contribution in [3.63, 3.8) is 0 Å². The van der Waals surface area contributed by atoms with Crippen LogP contribution in [0, 0.1) is 10.1 Å². The molecule has 0 saturated carbocycles. The summed E-state index contributed by atoms with van der Waals surface area (Å²) in [7, 11) is -3.24. The average molecular weight is 409 g/mol. The normalized spacial score (nSPS) is 12.4. The van der Waals surface area contributed by atoms with Crippen LogP contribution in [0.25, 0.3) is 0 Å². The Morgan fingerprint density at radius 2 is 1.74 bits per heavy atom. The summed E-state index contributed by atoms with van der Waals surface area (Å²) < 4.78 is 22.9.